The van der Waals surface area contributed by atoms with Crippen LogP contribution in [0.1, 0.15) is 53.5 Å². The molecule has 21 heavy (non-hydrogen) atoms. The average molecular weight is 301 g/mol. The van der Waals surface area contributed by atoms with Crippen molar-refractivity contribution in [3.8, 4) is 0 Å². The van der Waals surface area contributed by atoms with Crippen molar-refractivity contribution in [2.75, 3.05) is 0 Å². The summed E-state index contributed by atoms with van der Waals surface area (Å²) >= 11 is 6.35. The van der Waals surface area contributed by atoms with E-state index in [-0.39, 0.29) is 0 Å². The summed E-state index contributed by atoms with van der Waals surface area (Å²) < 4.78 is 0. The smallest absolute Gasteiger partial charge is 0.0810 e. The lowest BCUT2D eigenvalue weighted by atomic mass is 9.79. The zero-order chi connectivity index (χ0) is 14.8. The molecule has 2 atom stereocenters. The Morgan fingerprint density at radius 2 is 2.00 bits per heavy atom. The molecule has 110 valence electrons. The zero-order valence-electron chi connectivity index (χ0n) is 12.3. The van der Waals surface area contributed by atoms with Crippen LogP contribution < -0.4 is 0 Å². The van der Waals surface area contributed by atoms with Gasteiger partial charge in [-0.3, -0.25) is 0 Å². The van der Waals surface area contributed by atoms with E-state index in [4.69, 9.17) is 11.6 Å². The van der Waals surface area contributed by atoms with Crippen LogP contribution in [-0.4, -0.2) is 5.11 Å². The van der Waals surface area contributed by atoms with E-state index in [1.54, 1.807) is 0 Å². The van der Waals surface area contributed by atoms with Crippen molar-refractivity contribution in [3.05, 3.63) is 69.7 Å². The van der Waals surface area contributed by atoms with Gasteiger partial charge in [-0.1, -0.05) is 54.1 Å². The molecule has 1 aliphatic carbocycles. The lowest BCUT2D eigenvalue weighted by Gasteiger charge is -2.27. The first-order valence-corrected chi connectivity index (χ1v) is 8.05. The summed E-state index contributed by atoms with van der Waals surface area (Å²) in [5, 5.41) is 11.3. The third-order valence-electron chi connectivity index (χ3n) is 4.58. The minimum atomic E-state index is -0.492. The Morgan fingerprint density at radius 1 is 1.19 bits per heavy atom. The molecular weight excluding hydrogens is 280 g/mol. The fraction of sp³-hybridized carbons (Fsp3) is 0.368. The number of aliphatic hydroxyl groups is 1. The Balaban J connectivity index is 1.83. The van der Waals surface area contributed by atoms with Crippen LogP contribution in [0.15, 0.2) is 42.5 Å². The molecule has 0 aromatic heterocycles. The maximum atomic E-state index is 10.6. The largest absolute Gasteiger partial charge is 0.388 e. The Morgan fingerprint density at radius 3 is 2.86 bits per heavy atom. The summed E-state index contributed by atoms with van der Waals surface area (Å²) in [5.74, 6) is 0.432. The predicted molar refractivity (Wildman–Crippen MR) is 87.9 cm³/mol. The Hall–Kier alpha value is -1.31. The first-order valence-electron chi connectivity index (χ1n) is 7.67. The second kappa shape index (κ2) is 6.21. The lowest BCUT2D eigenvalue weighted by Crippen LogP contribution is -2.13. The van der Waals surface area contributed by atoms with Crippen LogP contribution in [0, 0.1) is 6.92 Å². The van der Waals surface area contributed by atoms with E-state index in [1.165, 1.54) is 17.5 Å². The van der Waals surface area contributed by atoms with Crippen LogP contribution in [0.25, 0.3) is 0 Å². The van der Waals surface area contributed by atoms with Gasteiger partial charge in [0, 0.05) is 5.02 Å². The van der Waals surface area contributed by atoms with E-state index < -0.39 is 6.10 Å². The topological polar surface area (TPSA) is 20.2 Å². The summed E-state index contributed by atoms with van der Waals surface area (Å²) in [7, 11) is 0. The molecule has 0 spiro atoms. The van der Waals surface area contributed by atoms with Gasteiger partial charge >= 0.3 is 0 Å². The number of halogens is 1. The van der Waals surface area contributed by atoms with Gasteiger partial charge in [0.05, 0.1) is 6.10 Å². The molecule has 0 saturated carbocycles. The Bertz CT molecular complexity index is 635. The number of fused-ring (bicyclic) bond motifs is 1. The van der Waals surface area contributed by atoms with E-state index in [0.29, 0.717) is 10.9 Å². The highest BCUT2D eigenvalue weighted by Crippen LogP contribution is 2.39. The highest BCUT2D eigenvalue weighted by molar-refractivity contribution is 6.32. The van der Waals surface area contributed by atoms with Gasteiger partial charge < -0.3 is 5.11 Å². The molecule has 1 N–H and O–H groups in total. The van der Waals surface area contributed by atoms with E-state index in [2.05, 4.69) is 24.3 Å². The van der Waals surface area contributed by atoms with Crippen LogP contribution in [0.2, 0.25) is 5.02 Å². The molecule has 0 amide bonds. The molecule has 1 nitrogen and oxygen atoms in total. The minimum Gasteiger partial charge on any atom is -0.388 e. The van der Waals surface area contributed by atoms with Gasteiger partial charge in [0.1, 0.15) is 0 Å². The molecule has 0 saturated heterocycles. The standard InChI is InChI=1S/C19H21ClO/c1-13-6-4-11-17(19(13)20)18(21)12-15-9-5-8-14-7-2-3-10-16(14)15/h2-4,6-7,10-11,15,18,21H,5,8-9,12H2,1H3. The Kier molecular flexibility index (Phi) is 4.32. The fourth-order valence-corrected chi connectivity index (χ4v) is 3.68. The lowest BCUT2D eigenvalue weighted by molar-refractivity contribution is 0.154. The molecule has 2 unspecified atom stereocenters. The summed E-state index contributed by atoms with van der Waals surface area (Å²) in [6.07, 6.45) is 3.77. The van der Waals surface area contributed by atoms with Crippen molar-refractivity contribution in [1.82, 2.24) is 0 Å². The molecule has 1 aliphatic rings. The van der Waals surface area contributed by atoms with Crippen molar-refractivity contribution in [3.63, 3.8) is 0 Å². The van der Waals surface area contributed by atoms with E-state index in [9.17, 15) is 5.11 Å². The first kappa shape index (κ1) is 14.6. The van der Waals surface area contributed by atoms with Gasteiger partial charge in [-0.2, -0.15) is 0 Å². The summed E-state index contributed by atoms with van der Waals surface area (Å²) in [5.41, 5.74) is 4.74. The zero-order valence-corrected chi connectivity index (χ0v) is 13.1. The average Bonchev–Trinajstić information content (AvgIpc) is 2.50. The van der Waals surface area contributed by atoms with Crippen molar-refractivity contribution >= 4 is 11.6 Å². The van der Waals surface area contributed by atoms with Gasteiger partial charge in [-0.05, 0) is 60.8 Å². The van der Waals surface area contributed by atoms with Gasteiger partial charge in [-0.25, -0.2) is 0 Å². The van der Waals surface area contributed by atoms with Crippen LogP contribution in [0.5, 0.6) is 0 Å². The maximum Gasteiger partial charge on any atom is 0.0810 e. The van der Waals surface area contributed by atoms with E-state index >= 15 is 0 Å². The van der Waals surface area contributed by atoms with Crippen LogP contribution in [-0.2, 0) is 6.42 Å². The predicted octanol–water partition coefficient (Wildman–Crippen LogP) is 5.19. The molecular formula is C19H21ClO. The third kappa shape index (κ3) is 3.00. The molecule has 0 heterocycles. The number of hydrogen-bond acceptors (Lipinski definition) is 1. The summed E-state index contributed by atoms with van der Waals surface area (Å²) in [4.78, 5) is 0. The quantitative estimate of drug-likeness (QED) is 0.827. The normalized spacial score (nSPS) is 19.1. The monoisotopic (exact) mass is 300 g/mol. The van der Waals surface area contributed by atoms with Crippen LogP contribution in [0.4, 0.5) is 0 Å². The van der Waals surface area contributed by atoms with Crippen molar-refractivity contribution in [2.45, 2.75) is 44.6 Å². The van der Waals surface area contributed by atoms with E-state index in [1.807, 2.05) is 25.1 Å². The molecule has 0 fully saturated rings. The van der Waals surface area contributed by atoms with Crippen LogP contribution in [0.3, 0.4) is 0 Å². The van der Waals surface area contributed by atoms with Crippen molar-refractivity contribution < 1.29 is 5.11 Å². The molecule has 0 bridgehead atoms. The molecule has 0 aliphatic heterocycles. The molecule has 2 aromatic rings. The molecule has 3 rings (SSSR count). The van der Waals surface area contributed by atoms with Gasteiger partial charge in [0.25, 0.3) is 0 Å². The highest BCUT2D eigenvalue weighted by Gasteiger charge is 2.24. The molecule has 0 radical (unpaired) electrons. The second-order valence-corrected chi connectivity index (χ2v) is 6.40. The Labute approximate surface area is 131 Å². The first-order chi connectivity index (χ1) is 10.2. The number of aryl methyl sites for hydroxylation is 2. The summed E-state index contributed by atoms with van der Waals surface area (Å²) in [6.45, 7) is 1.98. The highest BCUT2D eigenvalue weighted by atomic mass is 35.5. The van der Waals surface area contributed by atoms with Gasteiger partial charge in [-0.15, -0.1) is 0 Å². The molecule has 2 heteroatoms. The number of benzene rings is 2. The maximum absolute atomic E-state index is 10.6. The van der Waals surface area contributed by atoms with Crippen molar-refractivity contribution in [2.24, 2.45) is 0 Å². The van der Waals surface area contributed by atoms with E-state index in [0.717, 1.165) is 30.4 Å². The van der Waals surface area contributed by atoms with Gasteiger partial charge in [0.2, 0.25) is 0 Å². The summed E-state index contributed by atoms with van der Waals surface area (Å²) in [6, 6.07) is 14.5. The number of rotatable bonds is 3. The van der Waals surface area contributed by atoms with Gasteiger partial charge in [0.15, 0.2) is 0 Å². The third-order valence-corrected chi connectivity index (χ3v) is 5.10. The van der Waals surface area contributed by atoms with Crippen molar-refractivity contribution in [1.29, 1.82) is 0 Å². The number of aliphatic hydroxyl groups excluding tert-OH is 1. The minimum absolute atomic E-state index is 0.432. The number of hydrogen-bond donors (Lipinski definition) is 1. The SMILES string of the molecule is Cc1cccc(C(O)CC2CCCc3ccccc32)c1Cl. The molecule has 2 aromatic carbocycles. The van der Waals surface area contributed by atoms with Crippen LogP contribution >= 0.6 is 11.6 Å². The fourth-order valence-electron chi connectivity index (χ4n) is 3.42. The second-order valence-electron chi connectivity index (χ2n) is 6.02.